The van der Waals surface area contributed by atoms with E-state index in [1.54, 1.807) is 24.4 Å². The molecule has 1 amide bonds. The Bertz CT molecular complexity index is 886. The summed E-state index contributed by atoms with van der Waals surface area (Å²) in [7, 11) is 0. The zero-order chi connectivity index (χ0) is 18.5. The molecule has 0 bridgehead atoms. The first-order valence-corrected chi connectivity index (χ1v) is 8.90. The van der Waals surface area contributed by atoms with Crippen LogP contribution in [0.15, 0.2) is 45.7 Å². The Morgan fingerprint density at radius 3 is 2.89 bits per heavy atom. The minimum absolute atomic E-state index is 0.206. The van der Waals surface area contributed by atoms with Crippen LogP contribution in [-0.2, 0) is 0 Å². The lowest BCUT2D eigenvalue weighted by Gasteiger charge is -2.17. The molecule has 9 heteroatoms. The maximum absolute atomic E-state index is 12.1. The second-order valence-electron chi connectivity index (χ2n) is 6.23. The van der Waals surface area contributed by atoms with Gasteiger partial charge in [0.05, 0.1) is 18.1 Å². The van der Waals surface area contributed by atoms with Gasteiger partial charge in [0.25, 0.3) is 5.91 Å². The molecule has 1 aliphatic heterocycles. The molecule has 1 aliphatic rings. The van der Waals surface area contributed by atoms with Gasteiger partial charge in [0, 0.05) is 38.3 Å². The number of nitrogens with one attached hydrogen (secondary N) is 2. The largest absolute Gasteiger partial charge is 0.461 e. The van der Waals surface area contributed by atoms with Crippen molar-refractivity contribution in [2.45, 2.75) is 12.8 Å². The van der Waals surface area contributed by atoms with Gasteiger partial charge in [-0.05, 0) is 25.0 Å². The zero-order valence-corrected chi connectivity index (χ0v) is 14.7. The predicted octanol–water partition coefficient (Wildman–Crippen LogP) is 2.17. The van der Waals surface area contributed by atoms with Gasteiger partial charge in [-0.25, -0.2) is 0 Å². The van der Waals surface area contributed by atoms with Crippen LogP contribution >= 0.6 is 0 Å². The molecular weight excluding hydrogens is 348 g/mol. The van der Waals surface area contributed by atoms with Gasteiger partial charge in [0.2, 0.25) is 5.76 Å². The molecule has 0 atom stereocenters. The van der Waals surface area contributed by atoms with E-state index in [1.807, 2.05) is 6.07 Å². The molecule has 27 heavy (non-hydrogen) atoms. The fourth-order valence-corrected chi connectivity index (χ4v) is 2.97. The van der Waals surface area contributed by atoms with Crippen LogP contribution < -0.4 is 15.5 Å². The van der Waals surface area contributed by atoms with Crippen molar-refractivity contribution in [3.05, 3.63) is 42.4 Å². The summed E-state index contributed by atoms with van der Waals surface area (Å²) in [5.41, 5.74) is 1.28. The van der Waals surface area contributed by atoms with Crippen LogP contribution in [0.25, 0.3) is 11.5 Å². The van der Waals surface area contributed by atoms with Gasteiger partial charge in [-0.15, -0.1) is 5.10 Å². The highest BCUT2D eigenvalue weighted by atomic mass is 16.5. The van der Waals surface area contributed by atoms with Crippen molar-refractivity contribution in [1.82, 2.24) is 20.7 Å². The zero-order valence-electron chi connectivity index (χ0n) is 14.7. The van der Waals surface area contributed by atoms with E-state index in [0.29, 0.717) is 30.4 Å². The molecule has 3 aromatic rings. The van der Waals surface area contributed by atoms with Gasteiger partial charge >= 0.3 is 0 Å². The van der Waals surface area contributed by atoms with E-state index >= 15 is 0 Å². The molecule has 0 radical (unpaired) electrons. The number of rotatable bonds is 7. The minimum atomic E-state index is -0.310. The molecule has 0 spiro atoms. The Balaban J connectivity index is 1.25. The van der Waals surface area contributed by atoms with Crippen molar-refractivity contribution in [1.29, 1.82) is 0 Å². The molecule has 4 heterocycles. The molecule has 4 rings (SSSR count). The molecular formula is C18H20N6O3. The van der Waals surface area contributed by atoms with Crippen LogP contribution in [-0.4, -0.2) is 47.4 Å². The smallest absolute Gasteiger partial charge is 0.273 e. The van der Waals surface area contributed by atoms with Crippen LogP contribution in [0.1, 0.15) is 23.3 Å². The SMILES string of the molecule is O=C(NCCNc1cc(N2CCCC2)cnn1)c1cc(-c2ccco2)on1. The molecule has 0 aromatic carbocycles. The lowest BCUT2D eigenvalue weighted by molar-refractivity contribution is 0.0946. The number of carbonyl (C=O) groups excluding carboxylic acids is 1. The molecule has 3 aromatic heterocycles. The Kier molecular flexibility index (Phi) is 4.99. The highest BCUT2D eigenvalue weighted by Gasteiger charge is 2.15. The lowest BCUT2D eigenvalue weighted by Crippen LogP contribution is -2.29. The van der Waals surface area contributed by atoms with Gasteiger partial charge < -0.3 is 24.5 Å². The molecule has 0 aliphatic carbocycles. The molecule has 0 unspecified atom stereocenters. The van der Waals surface area contributed by atoms with Crippen molar-refractivity contribution in [2.24, 2.45) is 0 Å². The van der Waals surface area contributed by atoms with E-state index < -0.39 is 0 Å². The van der Waals surface area contributed by atoms with Crippen LogP contribution in [0.5, 0.6) is 0 Å². The summed E-state index contributed by atoms with van der Waals surface area (Å²) in [6.07, 6.45) is 5.73. The maximum Gasteiger partial charge on any atom is 0.273 e. The Morgan fingerprint density at radius 2 is 2.07 bits per heavy atom. The summed E-state index contributed by atoms with van der Waals surface area (Å²) in [4.78, 5) is 14.4. The average Bonchev–Trinajstić information content (AvgIpc) is 3.46. The summed E-state index contributed by atoms with van der Waals surface area (Å²) in [6.45, 7) is 3.04. The van der Waals surface area contributed by atoms with Gasteiger partial charge in [-0.1, -0.05) is 5.16 Å². The number of furan rings is 1. The van der Waals surface area contributed by atoms with E-state index in [4.69, 9.17) is 8.94 Å². The monoisotopic (exact) mass is 368 g/mol. The molecule has 1 fully saturated rings. The average molecular weight is 368 g/mol. The third kappa shape index (κ3) is 4.08. The molecule has 0 saturated carbocycles. The molecule has 2 N–H and O–H groups in total. The fourth-order valence-electron chi connectivity index (χ4n) is 2.97. The van der Waals surface area contributed by atoms with Crippen molar-refractivity contribution < 1.29 is 13.7 Å². The third-order valence-corrected chi connectivity index (χ3v) is 4.33. The van der Waals surface area contributed by atoms with Crippen molar-refractivity contribution in [3.63, 3.8) is 0 Å². The van der Waals surface area contributed by atoms with Crippen molar-refractivity contribution in [3.8, 4) is 11.5 Å². The Hall–Kier alpha value is -3.36. The first-order valence-electron chi connectivity index (χ1n) is 8.90. The lowest BCUT2D eigenvalue weighted by atomic mass is 10.3. The van der Waals surface area contributed by atoms with E-state index in [1.165, 1.54) is 19.1 Å². The van der Waals surface area contributed by atoms with Crippen LogP contribution in [0.4, 0.5) is 11.5 Å². The Morgan fingerprint density at radius 1 is 1.19 bits per heavy atom. The number of hydrogen-bond acceptors (Lipinski definition) is 8. The van der Waals surface area contributed by atoms with E-state index in [-0.39, 0.29) is 11.6 Å². The van der Waals surface area contributed by atoms with Crippen molar-refractivity contribution in [2.75, 3.05) is 36.4 Å². The van der Waals surface area contributed by atoms with Crippen LogP contribution in [0, 0.1) is 0 Å². The summed E-state index contributed by atoms with van der Waals surface area (Å²) < 4.78 is 10.3. The number of hydrogen-bond donors (Lipinski definition) is 2. The quantitative estimate of drug-likeness (QED) is 0.611. The molecule has 1 saturated heterocycles. The summed E-state index contributed by atoms with van der Waals surface area (Å²) in [5, 5.41) is 17.8. The third-order valence-electron chi connectivity index (χ3n) is 4.33. The maximum atomic E-state index is 12.1. The highest BCUT2D eigenvalue weighted by molar-refractivity contribution is 5.92. The molecule has 140 valence electrons. The normalized spacial score (nSPS) is 13.7. The van der Waals surface area contributed by atoms with Gasteiger partial charge in [0.1, 0.15) is 0 Å². The number of nitrogens with zero attached hydrogens (tertiary/aromatic N) is 4. The van der Waals surface area contributed by atoms with Crippen molar-refractivity contribution >= 4 is 17.4 Å². The number of aromatic nitrogens is 3. The fraction of sp³-hybridized carbons (Fsp3) is 0.333. The number of anilines is 2. The standard InChI is InChI=1S/C18H20N6O3/c25-18(14-11-16(27-23-14)15-4-3-9-26-15)20-6-5-19-17-10-13(12-21-22-17)24-7-1-2-8-24/h3-4,9-12H,1-2,5-8H2,(H,19,22)(H,20,25). The second kappa shape index (κ2) is 7.90. The van der Waals surface area contributed by atoms with E-state index in [0.717, 1.165) is 18.8 Å². The topological polar surface area (TPSA) is 109 Å². The summed E-state index contributed by atoms with van der Waals surface area (Å²) >= 11 is 0. The van der Waals surface area contributed by atoms with Crippen LogP contribution in [0.2, 0.25) is 0 Å². The Labute approximate surface area is 155 Å². The predicted molar refractivity (Wildman–Crippen MR) is 98.5 cm³/mol. The highest BCUT2D eigenvalue weighted by Crippen LogP contribution is 2.21. The van der Waals surface area contributed by atoms with Crippen LogP contribution in [0.3, 0.4) is 0 Å². The van der Waals surface area contributed by atoms with Gasteiger partial charge in [-0.3, -0.25) is 4.79 Å². The first kappa shape index (κ1) is 17.1. The minimum Gasteiger partial charge on any atom is -0.461 e. The summed E-state index contributed by atoms with van der Waals surface area (Å²) in [5.74, 6) is 1.32. The number of carbonyl (C=O) groups is 1. The van der Waals surface area contributed by atoms with Gasteiger partial charge in [0.15, 0.2) is 17.3 Å². The van der Waals surface area contributed by atoms with E-state index in [2.05, 4.69) is 30.9 Å². The summed E-state index contributed by atoms with van der Waals surface area (Å²) in [6, 6.07) is 7.01. The molecule has 9 nitrogen and oxygen atoms in total. The second-order valence-corrected chi connectivity index (χ2v) is 6.23. The number of amides is 1. The van der Waals surface area contributed by atoms with Gasteiger partial charge in [-0.2, -0.15) is 5.10 Å². The first-order chi connectivity index (χ1) is 13.3. The van der Waals surface area contributed by atoms with E-state index in [9.17, 15) is 4.79 Å².